The third-order valence-electron chi connectivity index (χ3n) is 6.94. The number of aromatic nitrogens is 2. The summed E-state index contributed by atoms with van der Waals surface area (Å²) >= 11 is 0. The van der Waals surface area contributed by atoms with Gasteiger partial charge < -0.3 is 14.4 Å². The number of piperidine rings is 1. The number of amides is 1. The van der Waals surface area contributed by atoms with Crippen molar-refractivity contribution in [3.63, 3.8) is 0 Å². The van der Waals surface area contributed by atoms with Gasteiger partial charge in [0.2, 0.25) is 0 Å². The number of ether oxygens (including phenoxy) is 2. The van der Waals surface area contributed by atoms with Crippen molar-refractivity contribution in [2.24, 2.45) is 5.92 Å². The van der Waals surface area contributed by atoms with Gasteiger partial charge in [-0.25, -0.2) is 0 Å². The minimum absolute atomic E-state index is 0.0958. The molecule has 1 aromatic carbocycles. The van der Waals surface area contributed by atoms with Gasteiger partial charge in [-0.2, -0.15) is 5.10 Å². The maximum Gasteiger partial charge on any atom is 0.254 e. The van der Waals surface area contributed by atoms with Crippen LogP contribution < -0.4 is 4.74 Å². The second-order valence-corrected chi connectivity index (χ2v) is 9.58. The molecule has 0 radical (unpaired) electrons. The summed E-state index contributed by atoms with van der Waals surface area (Å²) in [6.07, 6.45) is 6.34. The lowest BCUT2D eigenvalue weighted by Crippen LogP contribution is -2.46. The number of rotatable bonds is 4. The van der Waals surface area contributed by atoms with E-state index in [-0.39, 0.29) is 12.0 Å². The fourth-order valence-corrected chi connectivity index (χ4v) is 5.15. The van der Waals surface area contributed by atoms with Crippen LogP contribution in [0.3, 0.4) is 0 Å². The van der Waals surface area contributed by atoms with Gasteiger partial charge in [-0.05, 0) is 63.9 Å². The van der Waals surface area contributed by atoms with E-state index < -0.39 is 0 Å². The van der Waals surface area contributed by atoms with Crippen LogP contribution in [-0.2, 0) is 11.3 Å². The topological polar surface area (TPSA) is 59.8 Å². The number of hydrogen-bond acceptors (Lipinski definition) is 5. The molecule has 7 nitrogen and oxygen atoms in total. The van der Waals surface area contributed by atoms with Crippen LogP contribution in [0.1, 0.15) is 61.6 Å². The van der Waals surface area contributed by atoms with Crippen molar-refractivity contribution in [1.82, 2.24) is 19.6 Å². The van der Waals surface area contributed by atoms with Crippen molar-refractivity contribution < 1.29 is 14.3 Å². The van der Waals surface area contributed by atoms with E-state index in [4.69, 9.17) is 9.47 Å². The van der Waals surface area contributed by atoms with Crippen molar-refractivity contribution in [3.05, 3.63) is 47.8 Å². The highest BCUT2D eigenvalue weighted by molar-refractivity contribution is 5.94. The molecular formula is C26H38N4O3. The summed E-state index contributed by atoms with van der Waals surface area (Å²) in [6.45, 7) is 9.13. The van der Waals surface area contributed by atoms with Crippen molar-refractivity contribution >= 4 is 5.91 Å². The van der Waals surface area contributed by atoms with Gasteiger partial charge in [0.1, 0.15) is 12.4 Å². The number of nitrogens with zero attached hydrogens (tertiary/aromatic N) is 4. The Morgan fingerprint density at radius 3 is 2.85 bits per heavy atom. The lowest BCUT2D eigenvalue weighted by atomic mass is 9.89. The Morgan fingerprint density at radius 1 is 1.15 bits per heavy atom. The Balaban J connectivity index is 1.51. The standard InChI is InChI=1S/C26H38N4O3/c1-20(2)30-23(10-12-27-30)19-28-13-5-4-7-22-18-29(14-11-25(22)32-3)26(31)21-8-6-9-24(17-21)33-16-15-28/h6,8-10,12,17,20,22,25H,4-5,7,11,13-16,18-19H2,1-3H3/t22-,25+/m0/s1. The van der Waals surface area contributed by atoms with Gasteiger partial charge in [-0.15, -0.1) is 0 Å². The maximum absolute atomic E-state index is 13.2. The molecule has 1 fully saturated rings. The first-order valence-corrected chi connectivity index (χ1v) is 12.3. The minimum atomic E-state index is 0.0958. The second kappa shape index (κ2) is 11.2. The van der Waals surface area contributed by atoms with Crippen molar-refractivity contribution in [3.8, 4) is 5.75 Å². The summed E-state index contributed by atoms with van der Waals surface area (Å²) in [7, 11) is 1.80. The number of benzene rings is 1. The first-order chi connectivity index (χ1) is 16.0. The van der Waals surface area contributed by atoms with Gasteiger partial charge in [0.15, 0.2) is 0 Å². The predicted octanol–water partition coefficient (Wildman–Crippen LogP) is 4.01. The number of methoxy groups -OCH3 is 1. The van der Waals surface area contributed by atoms with E-state index in [1.54, 1.807) is 7.11 Å². The van der Waals surface area contributed by atoms with Crippen LogP contribution in [0.25, 0.3) is 0 Å². The highest BCUT2D eigenvalue weighted by Crippen LogP contribution is 2.27. The molecule has 180 valence electrons. The fourth-order valence-electron chi connectivity index (χ4n) is 5.15. The third kappa shape index (κ3) is 5.95. The summed E-state index contributed by atoms with van der Waals surface area (Å²) in [5, 5.41) is 4.50. The van der Waals surface area contributed by atoms with Crippen molar-refractivity contribution in [2.75, 3.05) is 39.9 Å². The molecule has 0 saturated carbocycles. The summed E-state index contributed by atoms with van der Waals surface area (Å²) in [6, 6.07) is 10.1. The molecule has 0 aliphatic carbocycles. The van der Waals surface area contributed by atoms with Crippen LogP contribution >= 0.6 is 0 Å². The summed E-state index contributed by atoms with van der Waals surface area (Å²) in [5.41, 5.74) is 1.94. The molecule has 33 heavy (non-hydrogen) atoms. The maximum atomic E-state index is 13.2. The fraction of sp³-hybridized carbons (Fsp3) is 0.615. The van der Waals surface area contributed by atoms with Crippen LogP contribution in [0.2, 0.25) is 0 Å². The van der Waals surface area contributed by atoms with E-state index in [1.807, 2.05) is 35.4 Å². The van der Waals surface area contributed by atoms with E-state index in [1.165, 1.54) is 5.69 Å². The first kappa shape index (κ1) is 23.8. The van der Waals surface area contributed by atoms with Crippen molar-refractivity contribution in [2.45, 2.75) is 58.2 Å². The molecular weight excluding hydrogens is 416 g/mol. The van der Waals surface area contributed by atoms with Gasteiger partial charge in [0, 0.05) is 57.0 Å². The van der Waals surface area contributed by atoms with E-state index in [0.717, 1.165) is 64.2 Å². The summed E-state index contributed by atoms with van der Waals surface area (Å²) < 4.78 is 14.0. The largest absolute Gasteiger partial charge is 0.492 e. The van der Waals surface area contributed by atoms with Gasteiger partial charge >= 0.3 is 0 Å². The van der Waals surface area contributed by atoms with E-state index in [0.29, 0.717) is 24.1 Å². The molecule has 7 heteroatoms. The van der Waals surface area contributed by atoms with Gasteiger partial charge in [0.05, 0.1) is 11.8 Å². The molecule has 0 unspecified atom stereocenters. The Kier molecular flexibility index (Phi) is 8.04. The zero-order valence-corrected chi connectivity index (χ0v) is 20.3. The van der Waals surface area contributed by atoms with E-state index in [9.17, 15) is 4.79 Å². The Hall–Kier alpha value is -2.38. The molecule has 2 aromatic rings. The molecule has 0 N–H and O–H groups in total. The lowest BCUT2D eigenvalue weighted by Gasteiger charge is -2.38. The predicted molar refractivity (Wildman–Crippen MR) is 128 cm³/mol. The van der Waals surface area contributed by atoms with Crippen LogP contribution in [0.15, 0.2) is 36.5 Å². The Labute approximate surface area is 197 Å². The molecule has 1 aromatic heterocycles. The lowest BCUT2D eigenvalue weighted by molar-refractivity contribution is -0.00677. The molecule has 3 heterocycles. The zero-order chi connectivity index (χ0) is 23.2. The highest BCUT2D eigenvalue weighted by Gasteiger charge is 2.31. The molecule has 2 atom stereocenters. The van der Waals surface area contributed by atoms with Crippen LogP contribution in [0.5, 0.6) is 5.75 Å². The minimum Gasteiger partial charge on any atom is -0.492 e. The third-order valence-corrected chi connectivity index (χ3v) is 6.94. The van der Waals surface area contributed by atoms with Crippen molar-refractivity contribution in [1.29, 1.82) is 0 Å². The summed E-state index contributed by atoms with van der Waals surface area (Å²) in [4.78, 5) is 17.6. The number of carbonyl (C=O) groups excluding carboxylic acids is 1. The average molecular weight is 455 g/mol. The number of fused-ring (bicyclic) bond motifs is 4. The smallest absolute Gasteiger partial charge is 0.254 e. The number of carbonyl (C=O) groups is 1. The van der Waals surface area contributed by atoms with E-state index >= 15 is 0 Å². The summed E-state index contributed by atoms with van der Waals surface area (Å²) in [5.74, 6) is 1.23. The normalized spacial score (nSPS) is 23.2. The molecule has 2 aliphatic heterocycles. The monoisotopic (exact) mass is 454 g/mol. The van der Waals surface area contributed by atoms with Gasteiger partial charge in [0.25, 0.3) is 5.91 Å². The Morgan fingerprint density at radius 2 is 2.03 bits per heavy atom. The highest BCUT2D eigenvalue weighted by atomic mass is 16.5. The second-order valence-electron chi connectivity index (χ2n) is 9.58. The molecule has 1 saturated heterocycles. The molecule has 4 rings (SSSR count). The van der Waals surface area contributed by atoms with Crippen LogP contribution in [-0.4, -0.2) is 71.5 Å². The molecule has 1 amide bonds. The first-order valence-electron chi connectivity index (χ1n) is 12.3. The molecule has 4 bridgehead atoms. The van der Waals surface area contributed by atoms with E-state index in [2.05, 4.69) is 34.6 Å². The van der Waals surface area contributed by atoms with Crippen LogP contribution in [0, 0.1) is 5.92 Å². The average Bonchev–Trinajstić information content (AvgIpc) is 3.29. The Bertz CT molecular complexity index is 912. The van der Waals surface area contributed by atoms with Gasteiger partial charge in [-0.1, -0.05) is 12.5 Å². The molecule has 2 aliphatic rings. The molecule has 0 spiro atoms. The zero-order valence-electron chi connectivity index (χ0n) is 20.3. The quantitative estimate of drug-likeness (QED) is 0.699. The SMILES string of the molecule is CO[C@@H]1CCN2C[C@@H]1CCCCN(Cc1ccnn1C(C)C)CCOc1cccc(c1)C2=O. The van der Waals surface area contributed by atoms with Gasteiger partial charge in [-0.3, -0.25) is 14.4 Å². The van der Waals surface area contributed by atoms with Crippen LogP contribution in [0.4, 0.5) is 0 Å². The number of hydrogen-bond donors (Lipinski definition) is 0.